The second-order valence-corrected chi connectivity index (χ2v) is 10.9. The fourth-order valence-corrected chi connectivity index (χ4v) is 5.56. The van der Waals surface area contributed by atoms with Gasteiger partial charge in [-0.2, -0.15) is 9.98 Å². The van der Waals surface area contributed by atoms with Crippen molar-refractivity contribution in [1.82, 2.24) is 9.62 Å². The van der Waals surface area contributed by atoms with Gasteiger partial charge in [-0.1, -0.05) is 109 Å². The summed E-state index contributed by atoms with van der Waals surface area (Å²) >= 11 is 0. The van der Waals surface area contributed by atoms with E-state index in [1.807, 2.05) is 73.7 Å². The van der Waals surface area contributed by atoms with Crippen LogP contribution in [0.3, 0.4) is 0 Å². The van der Waals surface area contributed by atoms with Crippen LogP contribution in [0.5, 0.6) is 0 Å². The summed E-state index contributed by atoms with van der Waals surface area (Å²) in [4.78, 5) is 2.35. The van der Waals surface area contributed by atoms with Gasteiger partial charge in [0.1, 0.15) is 6.04 Å². The van der Waals surface area contributed by atoms with Gasteiger partial charge in [0.25, 0.3) is 0 Å². The standard InChI is InChI=1S/C31H31N3O2S/c1-25-17-19-29(20-18-25)37(35,36)33-30(22-32)31(21-26-11-5-2-6-12-26)34(23-27-13-7-3-8-14-27)24-28-15-9-4-10-16-28/h2-20,30-31,33H,21,23-24H2,1H3/t30-,31+/m1/s1. The van der Waals surface area contributed by atoms with Crippen LogP contribution in [0.15, 0.2) is 120 Å². The molecular formula is C31H31N3O2S. The van der Waals surface area contributed by atoms with Crippen LogP contribution in [0, 0.1) is 18.3 Å². The maximum atomic E-state index is 13.3. The number of benzene rings is 4. The van der Waals surface area contributed by atoms with Crippen LogP contribution in [-0.2, 0) is 29.5 Å². The molecule has 0 aliphatic carbocycles. The molecule has 0 saturated carbocycles. The van der Waals surface area contributed by atoms with Crippen LogP contribution in [0.1, 0.15) is 22.3 Å². The van der Waals surface area contributed by atoms with E-state index in [-0.39, 0.29) is 4.90 Å². The number of nitriles is 1. The molecule has 0 aliphatic heterocycles. The van der Waals surface area contributed by atoms with E-state index in [1.54, 1.807) is 24.3 Å². The van der Waals surface area contributed by atoms with Gasteiger partial charge in [0.05, 0.1) is 11.0 Å². The summed E-state index contributed by atoms with van der Waals surface area (Å²) in [6, 6.07) is 37.6. The van der Waals surface area contributed by atoms with Gasteiger partial charge in [-0.05, 0) is 42.2 Å². The molecule has 4 aromatic rings. The lowest BCUT2D eigenvalue weighted by atomic mass is 9.97. The van der Waals surface area contributed by atoms with E-state index in [2.05, 4.69) is 40.0 Å². The van der Waals surface area contributed by atoms with Crippen molar-refractivity contribution in [3.05, 3.63) is 138 Å². The van der Waals surface area contributed by atoms with Gasteiger partial charge in [0.2, 0.25) is 10.0 Å². The number of nitrogens with zero attached hydrogens (tertiary/aromatic N) is 2. The fourth-order valence-electron chi connectivity index (χ4n) is 4.38. The molecule has 0 saturated heterocycles. The van der Waals surface area contributed by atoms with E-state index < -0.39 is 22.1 Å². The lowest BCUT2D eigenvalue weighted by Crippen LogP contribution is -2.51. The van der Waals surface area contributed by atoms with Crippen molar-refractivity contribution < 1.29 is 8.42 Å². The van der Waals surface area contributed by atoms with Crippen molar-refractivity contribution in [1.29, 1.82) is 5.26 Å². The minimum atomic E-state index is -3.90. The SMILES string of the molecule is Cc1ccc(S(=O)(=O)N[C@H](C#N)[C@H](Cc2ccccc2)N(Cc2ccccc2)Cc2ccccc2)cc1. The van der Waals surface area contributed by atoms with Gasteiger partial charge in [0.15, 0.2) is 0 Å². The molecule has 37 heavy (non-hydrogen) atoms. The van der Waals surface area contributed by atoms with Gasteiger partial charge in [-0.25, -0.2) is 8.42 Å². The van der Waals surface area contributed by atoms with Crippen LogP contribution >= 0.6 is 0 Å². The Morgan fingerprint density at radius 3 is 1.65 bits per heavy atom. The Morgan fingerprint density at radius 2 is 1.19 bits per heavy atom. The van der Waals surface area contributed by atoms with Crippen LogP contribution in [0.25, 0.3) is 0 Å². The second kappa shape index (κ2) is 12.5. The van der Waals surface area contributed by atoms with E-state index in [0.717, 1.165) is 22.3 Å². The molecular weight excluding hydrogens is 478 g/mol. The first-order valence-electron chi connectivity index (χ1n) is 12.3. The van der Waals surface area contributed by atoms with Gasteiger partial charge in [0, 0.05) is 19.1 Å². The number of nitrogens with one attached hydrogen (secondary N) is 1. The molecule has 4 aromatic carbocycles. The zero-order valence-electron chi connectivity index (χ0n) is 20.9. The lowest BCUT2D eigenvalue weighted by molar-refractivity contribution is 0.161. The molecule has 188 valence electrons. The molecule has 0 radical (unpaired) electrons. The predicted molar refractivity (Wildman–Crippen MR) is 147 cm³/mol. The normalized spacial score (nSPS) is 13.1. The van der Waals surface area contributed by atoms with Crippen LogP contribution in [0.2, 0.25) is 0 Å². The number of aryl methyl sites for hydroxylation is 1. The largest absolute Gasteiger partial charge is 0.289 e. The molecule has 0 spiro atoms. The average Bonchev–Trinajstić information content (AvgIpc) is 2.92. The molecule has 5 nitrogen and oxygen atoms in total. The topological polar surface area (TPSA) is 73.2 Å². The number of hydrogen-bond acceptors (Lipinski definition) is 4. The zero-order chi connectivity index (χ0) is 26.1. The first-order valence-corrected chi connectivity index (χ1v) is 13.8. The highest BCUT2D eigenvalue weighted by Gasteiger charge is 2.32. The molecule has 1 N–H and O–H groups in total. The Kier molecular flexibility index (Phi) is 8.86. The summed E-state index contributed by atoms with van der Waals surface area (Å²) in [5, 5.41) is 10.3. The first-order chi connectivity index (χ1) is 17.9. The molecule has 0 amide bonds. The zero-order valence-corrected chi connectivity index (χ0v) is 21.7. The number of rotatable bonds is 11. The molecule has 2 atom stereocenters. The Bertz CT molecular complexity index is 1360. The third-order valence-corrected chi connectivity index (χ3v) is 7.81. The van der Waals surface area contributed by atoms with Crippen LogP contribution < -0.4 is 4.72 Å². The Hall–Kier alpha value is -3.76. The van der Waals surface area contributed by atoms with E-state index in [1.165, 1.54) is 0 Å². The fraction of sp³-hybridized carbons (Fsp3) is 0.194. The number of sulfonamides is 1. The third-order valence-electron chi connectivity index (χ3n) is 6.35. The molecule has 4 rings (SSSR count). The highest BCUT2D eigenvalue weighted by molar-refractivity contribution is 7.89. The molecule has 0 unspecified atom stereocenters. The van der Waals surface area contributed by atoms with E-state index >= 15 is 0 Å². The Balaban J connectivity index is 1.72. The highest BCUT2D eigenvalue weighted by atomic mass is 32.2. The van der Waals surface area contributed by atoms with Crippen molar-refractivity contribution in [2.75, 3.05) is 0 Å². The average molecular weight is 510 g/mol. The molecule has 0 heterocycles. The highest BCUT2D eigenvalue weighted by Crippen LogP contribution is 2.21. The van der Waals surface area contributed by atoms with Crippen LogP contribution in [0.4, 0.5) is 0 Å². The number of hydrogen-bond donors (Lipinski definition) is 1. The van der Waals surface area contributed by atoms with Gasteiger partial charge in [-0.3, -0.25) is 4.90 Å². The van der Waals surface area contributed by atoms with E-state index in [4.69, 9.17) is 0 Å². The summed E-state index contributed by atoms with van der Waals surface area (Å²) in [5.74, 6) is 0. The Labute approximate surface area is 220 Å². The maximum absolute atomic E-state index is 13.3. The second-order valence-electron chi connectivity index (χ2n) is 9.17. The maximum Gasteiger partial charge on any atom is 0.241 e. The monoisotopic (exact) mass is 509 g/mol. The summed E-state index contributed by atoms with van der Waals surface area (Å²) in [6.07, 6.45) is 0.509. The van der Waals surface area contributed by atoms with Crippen molar-refractivity contribution in [2.45, 2.75) is 43.4 Å². The molecule has 0 bridgehead atoms. The smallest absolute Gasteiger partial charge is 0.241 e. The summed E-state index contributed by atoms with van der Waals surface area (Å²) < 4.78 is 29.4. The lowest BCUT2D eigenvalue weighted by Gasteiger charge is -2.35. The van der Waals surface area contributed by atoms with Crippen LogP contribution in [-0.4, -0.2) is 25.4 Å². The molecule has 0 aliphatic rings. The molecule has 0 fully saturated rings. The first kappa shape index (κ1) is 26.3. The van der Waals surface area contributed by atoms with Gasteiger partial charge < -0.3 is 0 Å². The van der Waals surface area contributed by atoms with Crippen molar-refractivity contribution in [3.63, 3.8) is 0 Å². The predicted octanol–water partition coefficient (Wildman–Crippen LogP) is 5.48. The van der Waals surface area contributed by atoms with Gasteiger partial charge in [-0.15, -0.1) is 0 Å². The van der Waals surface area contributed by atoms with E-state index in [0.29, 0.717) is 19.5 Å². The summed E-state index contributed by atoms with van der Waals surface area (Å²) in [5.41, 5.74) is 4.19. The minimum Gasteiger partial charge on any atom is -0.289 e. The van der Waals surface area contributed by atoms with Crippen molar-refractivity contribution >= 4 is 10.0 Å². The van der Waals surface area contributed by atoms with Gasteiger partial charge >= 0.3 is 0 Å². The third kappa shape index (κ3) is 7.37. The molecule has 6 heteroatoms. The summed E-state index contributed by atoms with van der Waals surface area (Å²) in [6.45, 7) is 3.04. The molecule has 0 aromatic heterocycles. The minimum absolute atomic E-state index is 0.148. The summed E-state index contributed by atoms with van der Waals surface area (Å²) in [7, 11) is -3.90. The van der Waals surface area contributed by atoms with Crippen molar-refractivity contribution in [2.24, 2.45) is 0 Å². The van der Waals surface area contributed by atoms with E-state index in [9.17, 15) is 13.7 Å². The Morgan fingerprint density at radius 1 is 0.730 bits per heavy atom. The van der Waals surface area contributed by atoms with Crippen molar-refractivity contribution in [3.8, 4) is 6.07 Å². The quantitative estimate of drug-likeness (QED) is 0.291.